The number of rotatable bonds is 10. The minimum atomic E-state index is -1.96. The largest absolute Gasteiger partial charge is 0.479 e. The summed E-state index contributed by atoms with van der Waals surface area (Å²) in [5.41, 5.74) is -0.551. The molecule has 0 aromatic rings. The molecule has 322 valence electrons. The van der Waals surface area contributed by atoms with Crippen molar-refractivity contribution in [3.05, 3.63) is 36.0 Å². The van der Waals surface area contributed by atoms with Crippen molar-refractivity contribution in [3.8, 4) is 0 Å². The number of hydrogen-bond donors (Lipinski definition) is 5. The zero-order chi connectivity index (χ0) is 40.9. The van der Waals surface area contributed by atoms with Crippen LogP contribution < -0.4 is 0 Å². The van der Waals surface area contributed by atoms with E-state index in [1.54, 1.807) is 6.08 Å². The van der Waals surface area contributed by atoms with Gasteiger partial charge in [-0.25, -0.2) is 4.79 Å². The molecule has 0 aromatic heterocycles. The van der Waals surface area contributed by atoms with E-state index in [4.69, 9.17) is 33.2 Å². The second-order valence-electron chi connectivity index (χ2n) is 18.9. The highest BCUT2D eigenvalue weighted by atomic mass is 16.7. The van der Waals surface area contributed by atoms with Gasteiger partial charge in [-0.05, 0) is 95.1 Å². The van der Waals surface area contributed by atoms with E-state index >= 15 is 0 Å². The molecule has 13 nitrogen and oxygen atoms in total. The van der Waals surface area contributed by atoms with Crippen LogP contribution in [0.25, 0.3) is 0 Å². The maximum absolute atomic E-state index is 11.6. The van der Waals surface area contributed by atoms with Gasteiger partial charge in [-0.2, -0.15) is 0 Å². The number of aliphatic carboxylic acids is 1. The Morgan fingerprint density at radius 3 is 2.49 bits per heavy atom. The smallest absolute Gasteiger partial charge is 0.335 e. The van der Waals surface area contributed by atoms with E-state index in [0.717, 1.165) is 50.7 Å². The van der Waals surface area contributed by atoms with Gasteiger partial charge in [0.1, 0.15) is 24.4 Å². The molecule has 2 unspecified atom stereocenters. The van der Waals surface area contributed by atoms with Crippen LogP contribution >= 0.6 is 0 Å². The average molecular weight is 805 g/mol. The van der Waals surface area contributed by atoms with Crippen molar-refractivity contribution >= 4 is 5.97 Å². The molecule has 57 heavy (non-hydrogen) atoms. The predicted molar refractivity (Wildman–Crippen MR) is 208 cm³/mol. The predicted octanol–water partition coefficient (Wildman–Crippen LogP) is 5.21. The first-order chi connectivity index (χ1) is 26.9. The molecule has 3 spiro atoms. The van der Waals surface area contributed by atoms with Crippen LogP contribution in [0.5, 0.6) is 0 Å². The summed E-state index contributed by atoms with van der Waals surface area (Å²) in [4.78, 5) is 11.6. The number of aliphatic hydroxyl groups excluding tert-OH is 3. The van der Waals surface area contributed by atoms with Crippen molar-refractivity contribution in [1.82, 2.24) is 0 Å². The second-order valence-corrected chi connectivity index (χ2v) is 18.9. The van der Waals surface area contributed by atoms with Gasteiger partial charge >= 0.3 is 5.97 Å². The Bertz CT molecular complexity index is 1510. The summed E-state index contributed by atoms with van der Waals surface area (Å²) in [6.45, 7) is 14.5. The SMILES string of the molecule is C=C1[C@@H](O)C2O[C@]3(CC[C@H](C=C[C@@H](C)[C@@H]4CC(C)=C[C@@]5(O[C@H](C[C@@](C)(O)C(=O)O)CC[C@@H]5O)O4)O3)CC[C@H]2O[C@@H]1[C@@H](O)C[C@H](C)C1O[C@@]2(CCCCO2)CC[C@H]1C. The van der Waals surface area contributed by atoms with Gasteiger partial charge in [0, 0.05) is 38.0 Å². The summed E-state index contributed by atoms with van der Waals surface area (Å²) in [6, 6.07) is 0. The maximum Gasteiger partial charge on any atom is 0.335 e. The molecule has 7 aliphatic rings. The number of fused-ring (bicyclic) bond motifs is 1. The van der Waals surface area contributed by atoms with Gasteiger partial charge in [0.2, 0.25) is 5.79 Å². The summed E-state index contributed by atoms with van der Waals surface area (Å²) in [7, 11) is 0. The van der Waals surface area contributed by atoms with Crippen LogP contribution in [-0.2, 0) is 38.0 Å². The highest BCUT2D eigenvalue weighted by Gasteiger charge is 2.55. The summed E-state index contributed by atoms with van der Waals surface area (Å²) in [5, 5.41) is 54.0. The van der Waals surface area contributed by atoms with Crippen LogP contribution in [0.1, 0.15) is 125 Å². The summed E-state index contributed by atoms with van der Waals surface area (Å²) in [5.74, 6) is -3.82. The van der Waals surface area contributed by atoms with Gasteiger partial charge in [-0.3, -0.25) is 0 Å². The quantitative estimate of drug-likeness (QED) is 0.182. The van der Waals surface area contributed by atoms with Crippen LogP contribution in [0.4, 0.5) is 0 Å². The van der Waals surface area contributed by atoms with Crippen molar-refractivity contribution in [1.29, 1.82) is 0 Å². The number of carboxylic acid groups (broad SMARTS) is 1. The molecular weight excluding hydrogens is 736 g/mol. The van der Waals surface area contributed by atoms with E-state index in [9.17, 15) is 30.3 Å². The Balaban J connectivity index is 0.920. The van der Waals surface area contributed by atoms with E-state index in [0.29, 0.717) is 56.4 Å². The molecule has 0 amide bonds. The van der Waals surface area contributed by atoms with E-state index < -0.39 is 71.7 Å². The fourth-order valence-electron chi connectivity index (χ4n) is 10.5. The lowest BCUT2D eigenvalue weighted by Crippen LogP contribution is -2.60. The first-order valence-electron chi connectivity index (χ1n) is 21.7. The van der Waals surface area contributed by atoms with Gasteiger partial charge < -0.3 is 58.7 Å². The van der Waals surface area contributed by atoms with Crippen molar-refractivity contribution in [2.75, 3.05) is 6.61 Å². The molecule has 7 heterocycles. The Morgan fingerprint density at radius 1 is 1.00 bits per heavy atom. The molecule has 7 rings (SSSR count). The fraction of sp³-hybridized carbons (Fsp3) is 0.841. The molecule has 6 saturated heterocycles. The third kappa shape index (κ3) is 9.15. The Morgan fingerprint density at radius 2 is 1.75 bits per heavy atom. The molecule has 0 aliphatic carbocycles. The Hall–Kier alpha value is -1.75. The van der Waals surface area contributed by atoms with Crippen LogP contribution in [-0.4, -0.2) is 122 Å². The zero-order valence-electron chi connectivity index (χ0n) is 34.6. The number of carbonyl (C=O) groups is 1. The highest BCUT2D eigenvalue weighted by molar-refractivity contribution is 5.76. The second kappa shape index (κ2) is 17.0. The van der Waals surface area contributed by atoms with Gasteiger partial charge in [-0.15, -0.1) is 0 Å². The van der Waals surface area contributed by atoms with Crippen LogP contribution in [0.2, 0.25) is 0 Å². The molecule has 0 bridgehead atoms. The van der Waals surface area contributed by atoms with Crippen molar-refractivity contribution in [3.63, 3.8) is 0 Å². The number of aliphatic hydroxyl groups is 4. The van der Waals surface area contributed by atoms with Crippen LogP contribution in [0.3, 0.4) is 0 Å². The van der Waals surface area contributed by atoms with Gasteiger partial charge in [0.05, 0.1) is 43.2 Å². The van der Waals surface area contributed by atoms with E-state index in [1.165, 1.54) is 6.92 Å². The zero-order valence-corrected chi connectivity index (χ0v) is 34.6. The molecular formula is C44H68O13. The monoisotopic (exact) mass is 804 g/mol. The Labute approximate surface area is 337 Å². The van der Waals surface area contributed by atoms with Crippen LogP contribution in [0, 0.1) is 17.8 Å². The summed E-state index contributed by atoms with van der Waals surface area (Å²) < 4.78 is 45.2. The van der Waals surface area contributed by atoms with Gasteiger partial charge in [-0.1, -0.05) is 45.1 Å². The van der Waals surface area contributed by atoms with E-state index in [1.807, 2.05) is 19.9 Å². The standard InChI is InChI=1S/C44H68O13/c1-25-21-34(55-44(23-25)35(46)12-11-31(54-44)24-41(6,50)40(48)49)26(2)9-10-30-14-18-43(53-30)19-15-33-39(57-43)36(47)29(5)38(52-33)32(45)22-28(4)37-27(3)13-17-42(56-37)16-7-8-20-51-42/h9-10,23,26-28,30-39,45-47,50H,5,7-8,11-22,24H2,1-4,6H3,(H,48,49)/t26-,27-,28+,30+,31+,32+,33-,34+,35+,36-,37?,38+,39?,41-,42+,43-,44-/m1/s1. The molecule has 6 fully saturated rings. The number of ether oxygens (including phenoxy) is 7. The third-order valence-corrected chi connectivity index (χ3v) is 14.0. The average Bonchev–Trinajstić information content (AvgIpc) is 3.56. The first-order valence-corrected chi connectivity index (χ1v) is 21.7. The normalized spacial score (nSPS) is 45.4. The topological polar surface area (TPSA) is 183 Å². The maximum atomic E-state index is 11.6. The first kappa shape index (κ1) is 43.3. The van der Waals surface area contributed by atoms with E-state index in [2.05, 4.69) is 26.5 Å². The fourth-order valence-corrected chi connectivity index (χ4v) is 10.5. The molecule has 0 saturated carbocycles. The summed E-state index contributed by atoms with van der Waals surface area (Å²) >= 11 is 0. The third-order valence-electron chi connectivity index (χ3n) is 14.0. The lowest BCUT2D eigenvalue weighted by Gasteiger charge is -2.50. The van der Waals surface area contributed by atoms with Gasteiger partial charge in [0.25, 0.3) is 0 Å². The molecule has 17 atom stereocenters. The van der Waals surface area contributed by atoms with E-state index in [-0.39, 0.29) is 36.6 Å². The van der Waals surface area contributed by atoms with Crippen molar-refractivity contribution < 1.29 is 63.5 Å². The molecule has 0 radical (unpaired) electrons. The minimum Gasteiger partial charge on any atom is -0.479 e. The number of hydrogen-bond acceptors (Lipinski definition) is 12. The van der Waals surface area contributed by atoms with Crippen molar-refractivity contribution in [2.24, 2.45) is 17.8 Å². The van der Waals surface area contributed by atoms with Gasteiger partial charge in [0.15, 0.2) is 17.2 Å². The highest BCUT2D eigenvalue weighted by Crippen LogP contribution is 2.47. The summed E-state index contributed by atoms with van der Waals surface area (Å²) in [6.07, 6.45) is 9.37. The Kier molecular flexibility index (Phi) is 12.9. The molecule has 7 aliphatic heterocycles. The molecule has 5 N–H and O–H groups in total. The minimum absolute atomic E-state index is 0.0423. The number of carboxylic acids is 1. The van der Waals surface area contributed by atoms with Crippen LogP contribution in [0.15, 0.2) is 36.0 Å². The molecule has 0 aromatic carbocycles. The lowest BCUT2D eigenvalue weighted by atomic mass is 9.79. The van der Waals surface area contributed by atoms with Crippen molar-refractivity contribution in [2.45, 2.75) is 209 Å². The molecule has 13 heteroatoms. The lowest BCUT2D eigenvalue weighted by molar-refractivity contribution is -0.321.